The second-order valence-electron chi connectivity index (χ2n) is 9.06. The lowest BCUT2D eigenvalue weighted by molar-refractivity contribution is -0.133. The number of rotatable bonds is 7. The van der Waals surface area contributed by atoms with Crippen LogP contribution in [-0.2, 0) is 16.1 Å². The van der Waals surface area contributed by atoms with Crippen molar-refractivity contribution in [2.75, 3.05) is 39.3 Å². The summed E-state index contributed by atoms with van der Waals surface area (Å²) in [6.07, 6.45) is 8.64. The van der Waals surface area contributed by atoms with Gasteiger partial charge in [0, 0.05) is 64.5 Å². The fourth-order valence-corrected chi connectivity index (χ4v) is 4.72. The molecule has 2 amide bonds. The van der Waals surface area contributed by atoms with Crippen molar-refractivity contribution in [3.63, 3.8) is 0 Å². The van der Waals surface area contributed by atoms with Crippen LogP contribution in [0.5, 0.6) is 0 Å². The van der Waals surface area contributed by atoms with Gasteiger partial charge in [0.05, 0.1) is 5.69 Å². The van der Waals surface area contributed by atoms with Crippen LogP contribution in [-0.4, -0.2) is 70.8 Å². The maximum absolute atomic E-state index is 12.8. The van der Waals surface area contributed by atoms with Crippen molar-refractivity contribution in [2.45, 2.75) is 32.2 Å². The monoisotopic (exact) mass is 446 g/mol. The standard InChI is InChI=1S/C27H34N4O2/c32-26(30-19-17-29(18-20-30)21-23-7-2-1-3-8-23)13-11-24-9-6-16-31(22-24)27(33)14-12-25-10-4-5-15-28-25/h1-5,7-8,10,12,14-15,24H,6,9,11,13,16-22H2. The zero-order valence-corrected chi connectivity index (χ0v) is 19.3. The molecule has 0 radical (unpaired) electrons. The predicted octanol–water partition coefficient (Wildman–Crippen LogP) is 3.46. The van der Waals surface area contributed by atoms with Crippen LogP contribution in [0.25, 0.3) is 6.08 Å². The summed E-state index contributed by atoms with van der Waals surface area (Å²) in [7, 11) is 0. The topological polar surface area (TPSA) is 56.8 Å². The number of aromatic nitrogens is 1. The summed E-state index contributed by atoms with van der Waals surface area (Å²) < 4.78 is 0. The molecule has 2 aliphatic heterocycles. The maximum Gasteiger partial charge on any atom is 0.246 e. The summed E-state index contributed by atoms with van der Waals surface area (Å²) in [5.74, 6) is 0.688. The largest absolute Gasteiger partial charge is 0.340 e. The smallest absolute Gasteiger partial charge is 0.246 e. The van der Waals surface area contributed by atoms with Gasteiger partial charge in [0.25, 0.3) is 0 Å². The Balaban J connectivity index is 1.18. The lowest BCUT2D eigenvalue weighted by atomic mass is 9.93. The average Bonchev–Trinajstić information content (AvgIpc) is 2.88. The van der Waals surface area contributed by atoms with Crippen LogP contribution in [0.4, 0.5) is 0 Å². The third kappa shape index (κ3) is 6.99. The molecule has 0 saturated carbocycles. The van der Waals surface area contributed by atoms with Gasteiger partial charge in [-0.05, 0) is 49.0 Å². The van der Waals surface area contributed by atoms with Crippen LogP contribution in [0.2, 0.25) is 0 Å². The van der Waals surface area contributed by atoms with Gasteiger partial charge in [-0.25, -0.2) is 0 Å². The molecule has 174 valence electrons. The van der Waals surface area contributed by atoms with E-state index in [1.807, 2.05) is 34.1 Å². The fourth-order valence-electron chi connectivity index (χ4n) is 4.72. The van der Waals surface area contributed by atoms with Gasteiger partial charge in [-0.2, -0.15) is 0 Å². The molecule has 33 heavy (non-hydrogen) atoms. The summed E-state index contributed by atoms with van der Waals surface area (Å²) in [6, 6.07) is 16.2. The Kier molecular flexibility index (Phi) is 8.25. The van der Waals surface area contributed by atoms with Crippen LogP contribution in [0.3, 0.4) is 0 Å². The molecular weight excluding hydrogens is 412 g/mol. The Bertz CT molecular complexity index is 924. The van der Waals surface area contributed by atoms with E-state index in [0.29, 0.717) is 12.3 Å². The first-order chi connectivity index (χ1) is 16.2. The Labute approximate surface area is 196 Å². The minimum Gasteiger partial charge on any atom is -0.340 e. The van der Waals surface area contributed by atoms with Gasteiger partial charge in [-0.3, -0.25) is 19.5 Å². The highest BCUT2D eigenvalue weighted by atomic mass is 16.2. The summed E-state index contributed by atoms with van der Waals surface area (Å²) in [5, 5.41) is 0. The Morgan fingerprint density at radius 3 is 2.48 bits per heavy atom. The normalized spacial score (nSPS) is 19.7. The Morgan fingerprint density at radius 2 is 1.73 bits per heavy atom. The minimum absolute atomic E-state index is 0.0335. The first kappa shape index (κ1) is 23.2. The van der Waals surface area contributed by atoms with Gasteiger partial charge in [0.15, 0.2) is 0 Å². The zero-order chi connectivity index (χ0) is 22.9. The lowest BCUT2D eigenvalue weighted by Gasteiger charge is -2.36. The number of nitrogens with zero attached hydrogens (tertiary/aromatic N) is 4. The maximum atomic E-state index is 12.8. The van der Waals surface area contributed by atoms with Gasteiger partial charge < -0.3 is 9.80 Å². The van der Waals surface area contributed by atoms with E-state index >= 15 is 0 Å². The molecule has 3 heterocycles. The molecule has 0 bridgehead atoms. The number of piperidine rings is 1. The molecule has 0 aliphatic carbocycles. The van der Waals surface area contributed by atoms with Crippen molar-refractivity contribution in [3.8, 4) is 0 Å². The molecule has 0 spiro atoms. The molecule has 2 aromatic rings. The number of piperazine rings is 1. The molecule has 2 aliphatic rings. The van der Waals surface area contributed by atoms with Crippen molar-refractivity contribution in [1.29, 1.82) is 0 Å². The molecular formula is C27H34N4O2. The van der Waals surface area contributed by atoms with E-state index in [2.05, 4.69) is 34.1 Å². The predicted molar refractivity (Wildman–Crippen MR) is 130 cm³/mol. The highest BCUT2D eigenvalue weighted by Gasteiger charge is 2.25. The summed E-state index contributed by atoms with van der Waals surface area (Å²) >= 11 is 0. The third-order valence-electron chi connectivity index (χ3n) is 6.66. The van der Waals surface area contributed by atoms with Crippen molar-refractivity contribution >= 4 is 17.9 Å². The third-order valence-corrected chi connectivity index (χ3v) is 6.66. The summed E-state index contributed by atoms with van der Waals surface area (Å²) in [5.41, 5.74) is 2.11. The van der Waals surface area contributed by atoms with Crippen molar-refractivity contribution in [3.05, 3.63) is 72.1 Å². The van der Waals surface area contributed by atoms with Crippen LogP contribution in [0.1, 0.15) is 36.9 Å². The highest BCUT2D eigenvalue weighted by Crippen LogP contribution is 2.22. The van der Waals surface area contributed by atoms with Crippen LogP contribution in [0.15, 0.2) is 60.8 Å². The number of hydrogen-bond donors (Lipinski definition) is 0. The van der Waals surface area contributed by atoms with E-state index < -0.39 is 0 Å². The molecule has 1 aromatic carbocycles. The van der Waals surface area contributed by atoms with E-state index in [0.717, 1.165) is 70.8 Å². The Morgan fingerprint density at radius 1 is 0.939 bits per heavy atom. The number of benzene rings is 1. The van der Waals surface area contributed by atoms with Gasteiger partial charge in [-0.15, -0.1) is 0 Å². The molecule has 4 rings (SSSR count). The number of carbonyl (C=O) groups excluding carboxylic acids is 2. The lowest BCUT2D eigenvalue weighted by Crippen LogP contribution is -2.48. The number of amides is 2. The van der Waals surface area contributed by atoms with Crippen LogP contribution < -0.4 is 0 Å². The molecule has 0 N–H and O–H groups in total. The number of hydrogen-bond acceptors (Lipinski definition) is 4. The van der Waals surface area contributed by atoms with Gasteiger partial charge >= 0.3 is 0 Å². The number of pyridine rings is 1. The van der Waals surface area contributed by atoms with Crippen molar-refractivity contribution in [1.82, 2.24) is 19.7 Å². The second kappa shape index (κ2) is 11.8. The van der Waals surface area contributed by atoms with Crippen molar-refractivity contribution < 1.29 is 9.59 Å². The molecule has 1 aromatic heterocycles. The van der Waals surface area contributed by atoms with E-state index in [1.54, 1.807) is 18.3 Å². The van der Waals surface area contributed by atoms with E-state index in [1.165, 1.54) is 5.56 Å². The molecule has 1 atom stereocenters. The molecule has 2 saturated heterocycles. The summed E-state index contributed by atoms with van der Waals surface area (Å²) in [4.78, 5) is 36.0. The highest BCUT2D eigenvalue weighted by molar-refractivity contribution is 5.91. The molecule has 2 fully saturated rings. The summed E-state index contributed by atoms with van der Waals surface area (Å²) in [6.45, 7) is 5.94. The molecule has 6 heteroatoms. The van der Waals surface area contributed by atoms with Crippen LogP contribution in [0, 0.1) is 5.92 Å². The SMILES string of the molecule is O=C(C=Cc1ccccn1)N1CCCC(CCC(=O)N2CCN(Cc3ccccc3)CC2)C1. The molecule has 1 unspecified atom stereocenters. The Hall–Kier alpha value is -2.99. The van der Waals surface area contributed by atoms with E-state index in [4.69, 9.17) is 0 Å². The van der Waals surface area contributed by atoms with Gasteiger partial charge in [-0.1, -0.05) is 36.4 Å². The zero-order valence-electron chi connectivity index (χ0n) is 19.3. The van der Waals surface area contributed by atoms with E-state index in [9.17, 15) is 9.59 Å². The van der Waals surface area contributed by atoms with Gasteiger partial charge in [0.1, 0.15) is 0 Å². The first-order valence-corrected chi connectivity index (χ1v) is 12.1. The quantitative estimate of drug-likeness (QED) is 0.612. The first-order valence-electron chi connectivity index (χ1n) is 12.1. The van der Waals surface area contributed by atoms with E-state index in [-0.39, 0.29) is 11.8 Å². The molecule has 6 nitrogen and oxygen atoms in total. The fraction of sp³-hybridized carbons (Fsp3) is 0.444. The number of carbonyl (C=O) groups is 2. The average molecular weight is 447 g/mol. The van der Waals surface area contributed by atoms with Gasteiger partial charge in [0.2, 0.25) is 11.8 Å². The second-order valence-corrected chi connectivity index (χ2v) is 9.06. The van der Waals surface area contributed by atoms with Crippen LogP contribution >= 0.6 is 0 Å². The van der Waals surface area contributed by atoms with Crippen molar-refractivity contribution in [2.24, 2.45) is 5.92 Å². The minimum atomic E-state index is 0.0335. The number of likely N-dealkylation sites (tertiary alicyclic amines) is 1.